The summed E-state index contributed by atoms with van der Waals surface area (Å²) < 4.78 is 17.7. The summed E-state index contributed by atoms with van der Waals surface area (Å²) in [5.74, 6) is 2.23. The van der Waals surface area contributed by atoms with Crippen LogP contribution in [0.2, 0.25) is 0 Å². The molecule has 0 amide bonds. The molecule has 0 spiro atoms. The first-order chi connectivity index (χ1) is 14.1. The molecule has 1 aliphatic heterocycles. The number of hydrogen-bond acceptors (Lipinski definition) is 4. The summed E-state index contributed by atoms with van der Waals surface area (Å²) in [4.78, 5) is 11.9. The molecule has 2 aromatic rings. The van der Waals surface area contributed by atoms with Crippen molar-refractivity contribution in [2.45, 2.75) is 58.2 Å². The number of carbonyl (C=O) groups is 1. The molecule has 4 heteroatoms. The van der Waals surface area contributed by atoms with E-state index in [-0.39, 0.29) is 24.1 Å². The summed E-state index contributed by atoms with van der Waals surface area (Å²) in [5.41, 5.74) is 2.44. The third-order valence-electron chi connectivity index (χ3n) is 6.07. The minimum Gasteiger partial charge on any atom is -0.490 e. The van der Waals surface area contributed by atoms with Crippen LogP contribution >= 0.6 is 0 Å². The van der Waals surface area contributed by atoms with Crippen molar-refractivity contribution in [1.29, 1.82) is 0 Å². The smallest absolute Gasteiger partial charge is 0.308 e. The second-order valence-electron chi connectivity index (χ2n) is 8.24. The Kier molecular flexibility index (Phi) is 6.08. The Morgan fingerprint density at radius 1 is 1.07 bits per heavy atom. The molecule has 0 saturated heterocycles. The number of benzene rings is 2. The molecule has 154 valence electrons. The highest BCUT2D eigenvalue weighted by Gasteiger charge is 2.30. The second-order valence-corrected chi connectivity index (χ2v) is 8.24. The maximum absolute atomic E-state index is 11.9. The molecule has 2 aliphatic rings. The summed E-state index contributed by atoms with van der Waals surface area (Å²) in [7, 11) is 0. The Bertz CT molecular complexity index is 824. The first-order valence-corrected chi connectivity index (χ1v) is 10.8. The molecular formula is C25H30O4. The molecular weight excluding hydrogens is 364 g/mol. The Hall–Kier alpha value is -2.49. The predicted octanol–water partition coefficient (Wildman–Crippen LogP) is 5.50. The van der Waals surface area contributed by atoms with Crippen molar-refractivity contribution in [3.05, 3.63) is 59.7 Å². The molecule has 0 radical (unpaired) electrons. The molecule has 0 bridgehead atoms. The lowest BCUT2D eigenvalue weighted by Gasteiger charge is -2.33. The molecule has 4 nitrogen and oxygen atoms in total. The molecule has 1 heterocycles. The van der Waals surface area contributed by atoms with Gasteiger partial charge in [-0.2, -0.15) is 0 Å². The largest absolute Gasteiger partial charge is 0.490 e. The molecule has 1 fully saturated rings. The maximum atomic E-state index is 11.9. The number of hydrogen-bond donors (Lipinski definition) is 0. The van der Waals surface area contributed by atoms with Crippen molar-refractivity contribution in [1.82, 2.24) is 0 Å². The number of rotatable bonds is 5. The number of esters is 1. The van der Waals surface area contributed by atoms with E-state index in [2.05, 4.69) is 37.3 Å². The summed E-state index contributed by atoms with van der Waals surface area (Å²) in [6.07, 6.45) is 4.70. The Labute approximate surface area is 173 Å². The van der Waals surface area contributed by atoms with Gasteiger partial charge in [-0.05, 0) is 68.4 Å². The molecule has 4 rings (SSSR count). The third kappa shape index (κ3) is 4.58. The highest BCUT2D eigenvalue weighted by atomic mass is 16.5. The Balaban J connectivity index is 1.37. The van der Waals surface area contributed by atoms with Crippen LogP contribution in [0.3, 0.4) is 0 Å². The topological polar surface area (TPSA) is 44.8 Å². The fourth-order valence-electron chi connectivity index (χ4n) is 4.52. The Morgan fingerprint density at radius 3 is 2.55 bits per heavy atom. The van der Waals surface area contributed by atoms with E-state index in [9.17, 15) is 4.79 Å². The van der Waals surface area contributed by atoms with Crippen molar-refractivity contribution in [3.63, 3.8) is 0 Å². The summed E-state index contributed by atoms with van der Waals surface area (Å²) in [6.45, 7) is 4.55. The van der Waals surface area contributed by atoms with E-state index in [0.29, 0.717) is 12.5 Å². The van der Waals surface area contributed by atoms with Crippen LogP contribution in [-0.4, -0.2) is 18.7 Å². The molecule has 2 unspecified atom stereocenters. The van der Waals surface area contributed by atoms with Crippen molar-refractivity contribution >= 4 is 5.97 Å². The van der Waals surface area contributed by atoms with Gasteiger partial charge in [0.1, 0.15) is 17.6 Å². The van der Waals surface area contributed by atoms with Gasteiger partial charge in [-0.15, -0.1) is 0 Å². The molecule has 1 aliphatic carbocycles. The van der Waals surface area contributed by atoms with Crippen LogP contribution < -0.4 is 9.47 Å². The van der Waals surface area contributed by atoms with Crippen molar-refractivity contribution in [2.24, 2.45) is 11.8 Å². The molecule has 29 heavy (non-hydrogen) atoms. The standard InChI is InChI=1S/C25H30O4/c1-3-27-25(26)19-9-11-21(12-10-19)28-22-13-14-23-20(16-22)15-17(2)24(29-23)18-7-5-4-6-8-18/h4-8,13-14,16-17,19,21,24H,3,9-12,15H2,1-2H3. The summed E-state index contributed by atoms with van der Waals surface area (Å²) in [6, 6.07) is 16.6. The normalized spacial score (nSPS) is 26.1. The van der Waals surface area contributed by atoms with E-state index >= 15 is 0 Å². The van der Waals surface area contributed by atoms with Gasteiger partial charge in [-0.3, -0.25) is 4.79 Å². The first-order valence-electron chi connectivity index (χ1n) is 10.8. The lowest BCUT2D eigenvalue weighted by molar-refractivity contribution is -0.149. The van der Waals surface area contributed by atoms with Crippen LogP contribution in [0, 0.1) is 11.8 Å². The Morgan fingerprint density at radius 2 is 1.83 bits per heavy atom. The van der Waals surface area contributed by atoms with Gasteiger partial charge in [0.05, 0.1) is 18.6 Å². The molecule has 0 N–H and O–H groups in total. The second kappa shape index (κ2) is 8.89. The van der Waals surface area contributed by atoms with Gasteiger partial charge >= 0.3 is 5.97 Å². The minimum atomic E-state index is -0.0566. The summed E-state index contributed by atoms with van der Waals surface area (Å²) in [5, 5.41) is 0. The summed E-state index contributed by atoms with van der Waals surface area (Å²) >= 11 is 0. The van der Waals surface area contributed by atoms with Crippen molar-refractivity contribution in [2.75, 3.05) is 6.61 Å². The van der Waals surface area contributed by atoms with Crippen molar-refractivity contribution in [3.8, 4) is 11.5 Å². The van der Waals surface area contributed by atoms with Gasteiger partial charge in [0.15, 0.2) is 0 Å². The monoisotopic (exact) mass is 394 g/mol. The van der Waals surface area contributed by atoms with E-state index in [1.807, 2.05) is 25.1 Å². The van der Waals surface area contributed by atoms with Crippen LogP contribution in [0.5, 0.6) is 11.5 Å². The van der Waals surface area contributed by atoms with Gasteiger partial charge in [0, 0.05) is 5.92 Å². The molecule has 2 aromatic carbocycles. The van der Waals surface area contributed by atoms with Gasteiger partial charge in [-0.1, -0.05) is 37.3 Å². The quantitative estimate of drug-likeness (QED) is 0.628. The SMILES string of the molecule is CCOC(=O)C1CCC(Oc2ccc3c(c2)CC(C)C(c2ccccc2)O3)CC1. The van der Waals surface area contributed by atoms with E-state index in [1.165, 1.54) is 11.1 Å². The zero-order chi connectivity index (χ0) is 20.2. The van der Waals surface area contributed by atoms with Crippen LogP contribution in [-0.2, 0) is 16.0 Å². The maximum Gasteiger partial charge on any atom is 0.308 e. The van der Waals surface area contributed by atoms with Gasteiger partial charge < -0.3 is 14.2 Å². The number of carbonyl (C=O) groups excluding carboxylic acids is 1. The highest BCUT2D eigenvalue weighted by Crippen LogP contribution is 2.40. The predicted molar refractivity (Wildman–Crippen MR) is 112 cm³/mol. The van der Waals surface area contributed by atoms with E-state index in [4.69, 9.17) is 14.2 Å². The molecule has 2 atom stereocenters. The van der Waals surface area contributed by atoms with Crippen LogP contribution in [0.4, 0.5) is 0 Å². The lowest BCUT2D eigenvalue weighted by atomic mass is 9.87. The average Bonchev–Trinajstić information content (AvgIpc) is 2.74. The van der Waals surface area contributed by atoms with Gasteiger partial charge in [-0.25, -0.2) is 0 Å². The minimum absolute atomic E-state index is 0.0301. The number of ether oxygens (including phenoxy) is 3. The lowest BCUT2D eigenvalue weighted by Crippen LogP contribution is -2.29. The van der Waals surface area contributed by atoms with Crippen LogP contribution in [0.15, 0.2) is 48.5 Å². The van der Waals surface area contributed by atoms with E-state index in [0.717, 1.165) is 43.6 Å². The fourth-order valence-corrected chi connectivity index (χ4v) is 4.52. The van der Waals surface area contributed by atoms with E-state index < -0.39 is 0 Å². The molecule has 0 aromatic heterocycles. The van der Waals surface area contributed by atoms with Gasteiger partial charge in [0.2, 0.25) is 0 Å². The van der Waals surface area contributed by atoms with E-state index in [1.54, 1.807) is 0 Å². The number of fused-ring (bicyclic) bond motifs is 1. The van der Waals surface area contributed by atoms with Crippen molar-refractivity contribution < 1.29 is 19.0 Å². The highest BCUT2D eigenvalue weighted by molar-refractivity contribution is 5.72. The van der Waals surface area contributed by atoms with Crippen LogP contribution in [0.1, 0.15) is 56.8 Å². The third-order valence-corrected chi connectivity index (χ3v) is 6.07. The average molecular weight is 395 g/mol. The first kappa shape index (κ1) is 19.8. The molecule has 1 saturated carbocycles. The van der Waals surface area contributed by atoms with Crippen LogP contribution in [0.25, 0.3) is 0 Å². The zero-order valence-electron chi connectivity index (χ0n) is 17.3. The van der Waals surface area contributed by atoms with Gasteiger partial charge in [0.25, 0.3) is 0 Å². The zero-order valence-corrected chi connectivity index (χ0v) is 17.3. The fraction of sp³-hybridized carbons (Fsp3) is 0.480.